The van der Waals surface area contributed by atoms with Gasteiger partial charge >= 0.3 is 0 Å². The molecule has 0 saturated carbocycles. The van der Waals surface area contributed by atoms with Gasteiger partial charge in [-0.05, 0) is 12.1 Å². The molecule has 1 rings (SSSR count). The van der Waals surface area contributed by atoms with Crippen LogP contribution in [0.4, 0.5) is 5.69 Å². The van der Waals surface area contributed by atoms with Crippen molar-refractivity contribution in [2.24, 2.45) is 4.99 Å². The number of hydrogen-bond donors (Lipinski definition) is 0. The first-order valence-corrected chi connectivity index (χ1v) is 2.98. The van der Waals surface area contributed by atoms with Gasteiger partial charge in [0.1, 0.15) is 0 Å². The van der Waals surface area contributed by atoms with Gasteiger partial charge in [-0.1, -0.05) is 18.2 Å². The Hall–Kier alpha value is -1.44. The zero-order chi connectivity index (χ0) is 7.23. The van der Waals surface area contributed by atoms with Crippen LogP contribution in [0.3, 0.4) is 0 Å². The summed E-state index contributed by atoms with van der Waals surface area (Å²) in [6, 6.07) is 9.43. The summed E-state index contributed by atoms with van der Waals surface area (Å²) in [4.78, 5) is 3.89. The fourth-order valence-corrected chi connectivity index (χ4v) is 0.633. The predicted molar refractivity (Wildman–Crippen MR) is 42.8 cm³/mol. The lowest BCUT2D eigenvalue weighted by molar-refractivity contribution is 1.55. The molecule has 0 saturated heterocycles. The lowest BCUT2D eigenvalue weighted by Crippen LogP contribution is -1.72. The molecule has 2 nitrogen and oxygen atoms in total. The lowest BCUT2D eigenvalue weighted by atomic mass is 10.3. The van der Waals surface area contributed by atoms with Crippen LogP contribution in [0.1, 0.15) is 0 Å². The molecule has 0 unspecified atom stereocenters. The van der Waals surface area contributed by atoms with Crippen LogP contribution in [-0.2, 0) is 0 Å². The second-order valence-electron chi connectivity index (χ2n) is 1.76. The summed E-state index contributed by atoms with van der Waals surface area (Å²) in [5.74, 6) is 0. The second-order valence-corrected chi connectivity index (χ2v) is 1.76. The highest BCUT2D eigenvalue weighted by Gasteiger charge is 1.79. The van der Waals surface area contributed by atoms with Gasteiger partial charge in [-0.15, -0.1) is 0 Å². The highest BCUT2D eigenvalue weighted by molar-refractivity contribution is 6.15. The normalized spacial score (nSPS) is 10.0. The standard InChI is InChI=1S/C8H7N2/c9-6-7-10-8-4-2-1-3-5-8/h1-7H. The van der Waals surface area contributed by atoms with Crippen LogP contribution in [0.2, 0.25) is 0 Å². The van der Waals surface area contributed by atoms with Crippen LogP contribution >= 0.6 is 0 Å². The number of aliphatic imine (C=N–C) groups is 1. The van der Waals surface area contributed by atoms with E-state index in [1.165, 1.54) is 6.21 Å². The summed E-state index contributed by atoms with van der Waals surface area (Å²) in [6.07, 6.45) is 2.25. The topological polar surface area (TPSA) is 34.7 Å². The fraction of sp³-hybridized carbons (Fsp3) is 0. The molecule has 0 N–H and O–H groups in total. The molecular weight excluding hydrogens is 124 g/mol. The molecule has 0 aromatic heterocycles. The van der Waals surface area contributed by atoms with Crippen molar-refractivity contribution in [3.63, 3.8) is 0 Å². The number of nitrogens with zero attached hydrogens (tertiary/aromatic N) is 2. The molecule has 0 bridgehead atoms. The Kier molecular flexibility index (Phi) is 2.38. The average Bonchev–Trinajstić information content (AvgIpc) is 2.03. The van der Waals surface area contributed by atoms with Crippen molar-refractivity contribution in [3.05, 3.63) is 30.3 Å². The molecule has 1 radical (unpaired) electrons. The molecule has 0 amide bonds. The van der Waals surface area contributed by atoms with E-state index >= 15 is 0 Å². The van der Waals surface area contributed by atoms with Crippen LogP contribution in [-0.4, -0.2) is 12.4 Å². The van der Waals surface area contributed by atoms with E-state index in [0.717, 1.165) is 11.9 Å². The molecule has 2 heteroatoms. The molecule has 0 fully saturated rings. The molecule has 10 heavy (non-hydrogen) atoms. The summed E-state index contributed by atoms with van der Waals surface area (Å²) in [6.45, 7) is 0. The maximum Gasteiger partial charge on any atom is 0.0678 e. The number of rotatable bonds is 2. The Morgan fingerprint density at radius 1 is 1.20 bits per heavy atom. The zero-order valence-corrected chi connectivity index (χ0v) is 5.44. The monoisotopic (exact) mass is 131 g/mol. The largest absolute Gasteiger partial charge is 0.255 e. The van der Waals surface area contributed by atoms with Crippen molar-refractivity contribution >= 4 is 18.1 Å². The molecule has 0 aliphatic carbocycles. The van der Waals surface area contributed by atoms with E-state index < -0.39 is 0 Å². The van der Waals surface area contributed by atoms with Gasteiger partial charge in [-0.2, -0.15) is 5.41 Å². The summed E-state index contributed by atoms with van der Waals surface area (Å²) < 4.78 is 0. The molecule has 49 valence electrons. The summed E-state index contributed by atoms with van der Waals surface area (Å²) in [5.41, 5.74) is 0.841. The van der Waals surface area contributed by atoms with Crippen molar-refractivity contribution in [1.29, 1.82) is 0 Å². The number of benzene rings is 1. The van der Waals surface area contributed by atoms with Gasteiger partial charge in [0.2, 0.25) is 0 Å². The quantitative estimate of drug-likeness (QED) is 0.541. The van der Waals surface area contributed by atoms with Crippen molar-refractivity contribution < 1.29 is 0 Å². The van der Waals surface area contributed by atoms with Crippen molar-refractivity contribution in [2.75, 3.05) is 0 Å². The number of hydrogen-bond acceptors (Lipinski definition) is 1. The van der Waals surface area contributed by atoms with Crippen LogP contribution in [0.5, 0.6) is 0 Å². The van der Waals surface area contributed by atoms with Crippen LogP contribution in [0.25, 0.3) is 0 Å². The van der Waals surface area contributed by atoms with Gasteiger partial charge in [0.25, 0.3) is 0 Å². The molecule has 0 atom stereocenters. The maximum absolute atomic E-state index is 8.25. The van der Waals surface area contributed by atoms with Crippen molar-refractivity contribution in [2.45, 2.75) is 0 Å². The van der Waals surface area contributed by atoms with Gasteiger partial charge in [0, 0.05) is 6.21 Å². The second kappa shape index (κ2) is 3.56. The Labute approximate surface area is 59.7 Å². The van der Waals surface area contributed by atoms with E-state index in [2.05, 4.69) is 4.99 Å². The highest BCUT2D eigenvalue weighted by atomic mass is 14.7. The summed E-state index contributed by atoms with van der Waals surface area (Å²) in [7, 11) is 0. The third-order valence-electron chi connectivity index (χ3n) is 1.05. The van der Waals surface area contributed by atoms with E-state index in [1.807, 2.05) is 30.3 Å². The van der Waals surface area contributed by atoms with Gasteiger partial charge in [-0.3, -0.25) is 4.99 Å². The smallest absolute Gasteiger partial charge is 0.0678 e. The number of para-hydroxylation sites is 1. The average molecular weight is 131 g/mol. The molecule has 1 aromatic carbocycles. The Balaban J connectivity index is 2.76. The van der Waals surface area contributed by atoms with Gasteiger partial charge in [0.15, 0.2) is 0 Å². The first-order chi connectivity index (χ1) is 4.93. The van der Waals surface area contributed by atoms with E-state index in [9.17, 15) is 0 Å². The van der Waals surface area contributed by atoms with Crippen molar-refractivity contribution in [3.8, 4) is 0 Å². The van der Waals surface area contributed by atoms with Crippen LogP contribution in [0, 0.1) is 0 Å². The SMILES string of the molecule is [N]=CC=Nc1ccccc1. The molecule has 0 aliphatic rings. The molecule has 1 aromatic rings. The van der Waals surface area contributed by atoms with E-state index in [4.69, 9.17) is 5.41 Å². The molecule has 0 spiro atoms. The lowest BCUT2D eigenvalue weighted by Gasteiger charge is -1.86. The van der Waals surface area contributed by atoms with Crippen LogP contribution < -0.4 is 5.41 Å². The molecule has 0 aliphatic heterocycles. The zero-order valence-electron chi connectivity index (χ0n) is 5.44. The fourth-order valence-electron chi connectivity index (χ4n) is 0.633. The third-order valence-corrected chi connectivity index (χ3v) is 1.05. The Morgan fingerprint density at radius 2 is 1.90 bits per heavy atom. The summed E-state index contributed by atoms with van der Waals surface area (Å²) in [5, 5.41) is 8.25. The first-order valence-electron chi connectivity index (χ1n) is 2.98. The summed E-state index contributed by atoms with van der Waals surface area (Å²) >= 11 is 0. The molecular formula is C8H7N2. The van der Waals surface area contributed by atoms with Gasteiger partial charge < -0.3 is 0 Å². The van der Waals surface area contributed by atoms with Crippen LogP contribution in [0.15, 0.2) is 35.3 Å². The third kappa shape index (κ3) is 1.82. The Bertz CT molecular complexity index is 226. The maximum atomic E-state index is 8.25. The molecule has 0 heterocycles. The van der Waals surface area contributed by atoms with E-state index in [-0.39, 0.29) is 0 Å². The van der Waals surface area contributed by atoms with Gasteiger partial charge in [-0.25, -0.2) is 0 Å². The minimum Gasteiger partial charge on any atom is -0.255 e. The Morgan fingerprint density at radius 3 is 2.50 bits per heavy atom. The minimum atomic E-state index is 0.841. The predicted octanol–water partition coefficient (Wildman–Crippen LogP) is 1.26. The van der Waals surface area contributed by atoms with Crippen molar-refractivity contribution in [1.82, 2.24) is 5.41 Å². The minimum absolute atomic E-state index is 0.841. The van der Waals surface area contributed by atoms with E-state index in [1.54, 1.807) is 0 Å². The highest BCUT2D eigenvalue weighted by Crippen LogP contribution is 2.07. The first kappa shape index (κ1) is 6.68. The van der Waals surface area contributed by atoms with Gasteiger partial charge in [0.05, 0.1) is 11.9 Å². The van der Waals surface area contributed by atoms with E-state index in [0.29, 0.717) is 0 Å².